The third-order valence-corrected chi connectivity index (χ3v) is 3.16. The molecule has 0 saturated carbocycles. The van der Waals surface area contributed by atoms with Crippen molar-refractivity contribution in [3.8, 4) is 0 Å². The monoisotopic (exact) mass is 227 g/mol. The Morgan fingerprint density at radius 2 is 2.27 bits per heavy atom. The first kappa shape index (κ1) is 12.3. The van der Waals surface area contributed by atoms with Crippen LogP contribution in [0.25, 0.3) is 0 Å². The summed E-state index contributed by atoms with van der Waals surface area (Å²) in [6.45, 7) is 5.76. The number of Topliss-reactive ketones (excluding diaryl/α,β-unsaturated/α-hetero) is 1. The molecule has 84 valence electrons. The van der Waals surface area contributed by atoms with Gasteiger partial charge < -0.3 is 4.74 Å². The van der Waals surface area contributed by atoms with Crippen LogP contribution in [0.4, 0.5) is 0 Å². The van der Waals surface area contributed by atoms with Crippen LogP contribution in [0.1, 0.15) is 31.0 Å². The summed E-state index contributed by atoms with van der Waals surface area (Å²) in [6.07, 6.45) is 0.855. The maximum absolute atomic E-state index is 11.7. The van der Waals surface area contributed by atoms with E-state index < -0.39 is 0 Å². The van der Waals surface area contributed by atoms with Crippen LogP contribution in [-0.2, 0) is 16.0 Å². The number of ketones is 1. The van der Waals surface area contributed by atoms with Gasteiger partial charge in [0.1, 0.15) is 10.8 Å². The van der Waals surface area contributed by atoms with E-state index in [-0.39, 0.29) is 11.4 Å². The van der Waals surface area contributed by atoms with E-state index in [1.54, 1.807) is 7.11 Å². The number of thiazole rings is 1. The number of methoxy groups -OCH3 is 1. The van der Waals surface area contributed by atoms with E-state index in [0.717, 1.165) is 10.7 Å². The number of hydrogen-bond donors (Lipinski definition) is 0. The molecular weight excluding hydrogens is 210 g/mol. The van der Waals surface area contributed by atoms with E-state index >= 15 is 0 Å². The molecule has 1 aromatic rings. The van der Waals surface area contributed by atoms with Gasteiger partial charge in [-0.05, 0) is 20.8 Å². The summed E-state index contributed by atoms with van der Waals surface area (Å²) in [4.78, 5) is 15.9. The number of aryl methyl sites for hydroxylation is 1. The summed E-state index contributed by atoms with van der Waals surface area (Å²) in [7, 11) is 1.63. The molecule has 0 spiro atoms. The van der Waals surface area contributed by atoms with Crippen LogP contribution in [0.2, 0.25) is 0 Å². The Kier molecular flexibility index (Phi) is 3.99. The Morgan fingerprint density at radius 1 is 1.60 bits per heavy atom. The number of hydrogen-bond acceptors (Lipinski definition) is 4. The number of carbonyl (C=O) groups excluding carboxylic acids is 1. The molecule has 0 saturated heterocycles. The Hall–Kier alpha value is -0.740. The number of aromatic nitrogens is 1. The predicted molar refractivity (Wildman–Crippen MR) is 61.3 cm³/mol. The maximum Gasteiger partial charge on any atom is 0.142 e. The van der Waals surface area contributed by atoms with Gasteiger partial charge in [0.15, 0.2) is 0 Å². The van der Waals surface area contributed by atoms with Crippen LogP contribution in [0.3, 0.4) is 0 Å². The molecule has 3 nitrogen and oxygen atoms in total. The minimum atomic E-state index is -0.372. The van der Waals surface area contributed by atoms with E-state index in [0.29, 0.717) is 12.8 Å². The summed E-state index contributed by atoms with van der Waals surface area (Å²) >= 11 is 1.54. The van der Waals surface area contributed by atoms with Crippen LogP contribution in [0, 0.1) is 6.92 Å². The van der Waals surface area contributed by atoms with Crippen molar-refractivity contribution in [1.29, 1.82) is 0 Å². The highest BCUT2D eigenvalue weighted by Crippen LogP contribution is 2.16. The lowest BCUT2D eigenvalue weighted by Crippen LogP contribution is -2.27. The highest BCUT2D eigenvalue weighted by Gasteiger charge is 2.21. The first-order valence-electron chi connectivity index (χ1n) is 4.91. The van der Waals surface area contributed by atoms with Crippen LogP contribution >= 0.6 is 11.3 Å². The predicted octanol–water partition coefficient (Wildman–Crippen LogP) is 2.38. The largest absolute Gasteiger partial charge is 0.378 e. The van der Waals surface area contributed by atoms with E-state index in [9.17, 15) is 4.79 Å². The van der Waals surface area contributed by atoms with Gasteiger partial charge in [-0.2, -0.15) is 0 Å². The number of ether oxygens (including phenoxy) is 1. The van der Waals surface area contributed by atoms with Gasteiger partial charge in [0.2, 0.25) is 0 Å². The quantitative estimate of drug-likeness (QED) is 0.775. The molecule has 0 aliphatic carbocycles. The smallest absolute Gasteiger partial charge is 0.142 e. The Balaban J connectivity index is 2.50. The second-order valence-corrected chi connectivity index (χ2v) is 5.18. The van der Waals surface area contributed by atoms with Gasteiger partial charge in [0.25, 0.3) is 0 Å². The molecule has 1 rings (SSSR count). The number of nitrogens with zero attached hydrogens (tertiary/aromatic N) is 1. The summed E-state index contributed by atoms with van der Waals surface area (Å²) in [5.41, 5.74) is 0.609. The third kappa shape index (κ3) is 4.10. The van der Waals surface area contributed by atoms with E-state index in [1.807, 2.05) is 26.2 Å². The molecule has 0 radical (unpaired) electrons. The molecule has 0 aromatic carbocycles. The summed E-state index contributed by atoms with van der Waals surface area (Å²) in [5.74, 6) is 0.177. The van der Waals surface area contributed by atoms with Gasteiger partial charge >= 0.3 is 0 Å². The van der Waals surface area contributed by atoms with Crippen molar-refractivity contribution in [1.82, 2.24) is 4.98 Å². The molecule has 0 fully saturated rings. The van der Waals surface area contributed by atoms with E-state index in [4.69, 9.17) is 4.74 Å². The molecule has 0 amide bonds. The lowest BCUT2D eigenvalue weighted by atomic mass is 10.0. The highest BCUT2D eigenvalue weighted by atomic mass is 32.1. The minimum Gasteiger partial charge on any atom is -0.378 e. The fourth-order valence-electron chi connectivity index (χ4n) is 1.26. The summed E-state index contributed by atoms with van der Waals surface area (Å²) in [5, 5.41) is 2.86. The molecule has 0 aliphatic rings. The van der Waals surface area contributed by atoms with Crippen molar-refractivity contribution < 1.29 is 9.53 Å². The van der Waals surface area contributed by atoms with Crippen molar-refractivity contribution in [2.75, 3.05) is 7.11 Å². The SMILES string of the molecule is COC(C)(C)CC(=O)Cc1nc(C)cs1. The molecule has 0 unspecified atom stereocenters. The van der Waals surface area contributed by atoms with Gasteiger partial charge in [-0.1, -0.05) is 0 Å². The molecule has 0 aliphatic heterocycles. The first-order valence-corrected chi connectivity index (χ1v) is 5.79. The van der Waals surface area contributed by atoms with Gasteiger partial charge in [-0.15, -0.1) is 11.3 Å². The zero-order valence-corrected chi connectivity index (χ0v) is 10.5. The molecule has 0 bridgehead atoms. The topological polar surface area (TPSA) is 39.2 Å². The van der Waals surface area contributed by atoms with Crippen molar-refractivity contribution in [2.45, 2.75) is 39.2 Å². The Bertz CT molecular complexity index is 344. The highest BCUT2D eigenvalue weighted by molar-refractivity contribution is 7.09. The Morgan fingerprint density at radius 3 is 2.73 bits per heavy atom. The van der Waals surface area contributed by atoms with Gasteiger partial charge in [0, 0.05) is 24.6 Å². The normalized spacial score (nSPS) is 11.7. The first-order chi connectivity index (χ1) is 6.93. The lowest BCUT2D eigenvalue weighted by molar-refractivity contribution is -0.123. The molecule has 1 aromatic heterocycles. The molecule has 15 heavy (non-hydrogen) atoms. The van der Waals surface area contributed by atoms with Crippen molar-refractivity contribution >= 4 is 17.1 Å². The summed E-state index contributed by atoms with van der Waals surface area (Å²) in [6, 6.07) is 0. The molecule has 0 N–H and O–H groups in total. The standard InChI is InChI=1S/C11H17NO2S/c1-8-7-15-10(12-8)5-9(13)6-11(2,3)14-4/h7H,5-6H2,1-4H3. The minimum absolute atomic E-state index is 0.177. The average molecular weight is 227 g/mol. The average Bonchev–Trinajstić information content (AvgIpc) is 2.50. The molecular formula is C11H17NO2S. The lowest BCUT2D eigenvalue weighted by Gasteiger charge is -2.21. The zero-order valence-electron chi connectivity index (χ0n) is 9.66. The van der Waals surface area contributed by atoms with E-state index in [2.05, 4.69) is 4.98 Å². The fourth-order valence-corrected chi connectivity index (χ4v) is 2.06. The Labute approximate surface area is 94.5 Å². The van der Waals surface area contributed by atoms with E-state index in [1.165, 1.54) is 11.3 Å². The summed E-state index contributed by atoms with van der Waals surface area (Å²) < 4.78 is 5.21. The number of carbonyl (C=O) groups is 1. The second kappa shape index (κ2) is 4.86. The van der Waals surface area contributed by atoms with Gasteiger partial charge in [-0.3, -0.25) is 4.79 Å². The van der Waals surface area contributed by atoms with Crippen LogP contribution in [-0.4, -0.2) is 23.5 Å². The molecule has 0 atom stereocenters. The van der Waals surface area contributed by atoms with Gasteiger partial charge in [-0.25, -0.2) is 4.98 Å². The van der Waals surface area contributed by atoms with Crippen molar-refractivity contribution in [3.63, 3.8) is 0 Å². The van der Waals surface area contributed by atoms with Crippen molar-refractivity contribution in [3.05, 3.63) is 16.1 Å². The van der Waals surface area contributed by atoms with Crippen LogP contribution < -0.4 is 0 Å². The second-order valence-electron chi connectivity index (χ2n) is 4.24. The fraction of sp³-hybridized carbons (Fsp3) is 0.636. The van der Waals surface area contributed by atoms with Crippen molar-refractivity contribution in [2.24, 2.45) is 0 Å². The van der Waals surface area contributed by atoms with Crippen LogP contribution in [0.15, 0.2) is 5.38 Å². The maximum atomic E-state index is 11.7. The number of rotatable bonds is 5. The molecule has 4 heteroatoms. The van der Waals surface area contributed by atoms with Gasteiger partial charge in [0.05, 0.1) is 12.0 Å². The molecule has 1 heterocycles. The van der Waals surface area contributed by atoms with Crippen LogP contribution in [0.5, 0.6) is 0 Å². The zero-order chi connectivity index (χ0) is 11.5. The third-order valence-electron chi connectivity index (χ3n) is 2.19.